The highest BCUT2D eigenvalue weighted by Crippen LogP contribution is 2.29. The number of para-hydroxylation sites is 2. The molecule has 1 aromatic carbocycles. The minimum absolute atomic E-state index is 0.189. The lowest BCUT2D eigenvalue weighted by atomic mass is 10.1. The molecule has 0 bridgehead atoms. The van der Waals surface area contributed by atoms with Crippen LogP contribution in [0.3, 0.4) is 0 Å². The summed E-state index contributed by atoms with van der Waals surface area (Å²) in [6.45, 7) is 6.02. The molecule has 1 heterocycles. The van der Waals surface area contributed by atoms with Gasteiger partial charge in [-0.05, 0) is 39.3 Å². The fourth-order valence-electron chi connectivity index (χ4n) is 2.60. The first kappa shape index (κ1) is 13.8. The summed E-state index contributed by atoms with van der Waals surface area (Å²) in [5.74, 6) is 0. The smallest absolute Gasteiger partial charge is 0.292 e. The van der Waals surface area contributed by atoms with E-state index in [4.69, 9.17) is 0 Å². The zero-order valence-electron chi connectivity index (χ0n) is 11.5. The highest BCUT2D eigenvalue weighted by atomic mass is 16.6. The Morgan fingerprint density at radius 1 is 1.47 bits per heavy atom. The fraction of sp³-hybridized carbons (Fsp3) is 0.571. The number of anilines is 1. The molecule has 1 unspecified atom stereocenters. The van der Waals surface area contributed by atoms with E-state index in [2.05, 4.69) is 24.1 Å². The van der Waals surface area contributed by atoms with E-state index in [0.717, 1.165) is 25.2 Å². The Balaban J connectivity index is 2.25. The fourth-order valence-corrected chi connectivity index (χ4v) is 2.60. The van der Waals surface area contributed by atoms with Gasteiger partial charge in [-0.1, -0.05) is 12.1 Å². The van der Waals surface area contributed by atoms with Gasteiger partial charge in [-0.3, -0.25) is 10.1 Å². The van der Waals surface area contributed by atoms with Crippen LogP contribution in [0, 0.1) is 10.1 Å². The topological polar surface area (TPSA) is 58.4 Å². The Bertz CT molecular complexity index is 442. The van der Waals surface area contributed by atoms with Crippen molar-refractivity contribution in [2.24, 2.45) is 0 Å². The van der Waals surface area contributed by atoms with Crippen LogP contribution in [0.15, 0.2) is 24.3 Å². The van der Waals surface area contributed by atoms with Crippen LogP contribution in [0.1, 0.15) is 26.7 Å². The van der Waals surface area contributed by atoms with Crippen molar-refractivity contribution in [1.29, 1.82) is 0 Å². The van der Waals surface area contributed by atoms with Crippen molar-refractivity contribution in [2.75, 3.05) is 18.0 Å². The predicted molar refractivity (Wildman–Crippen MR) is 76.6 cm³/mol. The minimum Gasteiger partial charge on any atom is -0.362 e. The first-order valence-electron chi connectivity index (χ1n) is 6.83. The quantitative estimate of drug-likeness (QED) is 0.655. The zero-order valence-corrected chi connectivity index (χ0v) is 11.5. The highest BCUT2D eigenvalue weighted by Gasteiger charge is 2.24. The molecule has 1 saturated heterocycles. The van der Waals surface area contributed by atoms with Crippen molar-refractivity contribution < 1.29 is 4.92 Å². The van der Waals surface area contributed by atoms with Crippen molar-refractivity contribution in [3.05, 3.63) is 34.4 Å². The van der Waals surface area contributed by atoms with Crippen LogP contribution in [0.5, 0.6) is 0 Å². The molecular weight excluding hydrogens is 242 g/mol. The maximum atomic E-state index is 11.1. The third-order valence-electron chi connectivity index (χ3n) is 3.59. The third-order valence-corrected chi connectivity index (χ3v) is 3.59. The van der Waals surface area contributed by atoms with Crippen LogP contribution in [-0.4, -0.2) is 30.1 Å². The molecule has 5 nitrogen and oxygen atoms in total. The summed E-state index contributed by atoms with van der Waals surface area (Å²) in [7, 11) is 0. The summed E-state index contributed by atoms with van der Waals surface area (Å²) < 4.78 is 0. The second kappa shape index (κ2) is 6.02. The summed E-state index contributed by atoms with van der Waals surface area (Å²) >= 11 is 0. The summed E-state index contributed by atoms with van der Waals surface area (Å²) in [4.78, 5) is 13.0. The lowest BCUT2D eigenvalue weighted by Gasteiger charge is -2.31. The van der Waals surface area contributed by atoms with Gasteiger partial charge >= 0.3 is 0 Å². The Morgan fingerprint density at radius 2 is 2.21 bits per heavy atom. The molecule has 2 rings (SSSR count). The number of hydrogen-bond acceptors (Lipinski definition) is 4. The summed E-state index contributed by atoms with van der Waals surface area (Å²) in [5.41, 5.74) is 0.908. The van der Waals surface area contributed by atoms with E-state index in [-0.39, 0.29) is 16.7 Å². The van der Waals surface area contributed by atoms with E-state index in [1.54, 1.807) is 12.1 Å². The summed E-state index contributed by atoms with van der Waals surface area (Å²) in [6.07, 6.45) is 2.33. The first-order valence-corrected chi connectivity index (χ1v) is 6.83. The molecule has 1 aliphatic rings. The molecule has 1 aromatic rings. The van der Waals surface area contributed by atoms with E-state index in [0.29, 0.717) is 6.04 Å². The van der Waals surface area contributed by atoms with Crippen molar-refractivity contribution in [1.82, 2.24) is 5.32 Å². The summed E-state index contributed by atoms with van der Waals surface area (Å²) in [6, 6.07) is 7.67. The van der Waals surface area contributed by atoms with Crippen LogP contribution < -0.4 is 10.2 Å². The van der Waals surface area contributed by atoms with E-state index < -0.39 is 0 Å². The third kappa shape index (κ3) is 3.23. The predicted octanol–water partition coefficient (Wildman–Crippen LogP) is 2.56. The zero-order chi connectivity index (χ0) is 13.8. The van der Waals surface area contributed by atoms with E-state index in [9.17, 15) is 10.1 Å². The number of nitrogens with one attached hydrogen (secondary N) is 1. The molecule has 0 saturated carbocycles. The maximum absolute atomic E-state index is 11.1. The van der Waals surface area contributed by atoms with Gasteiger partial charge in [0, 0.05) is 24.7 Å². The van der Waals surface area contributed by atoms with Gasteiger partial charge in [0.05, 0.1) is 4.92 Å². The van der Waals surface area contributed by atoms with E-state index >= 15 is 0 Å². The molecule has 104 valence electrons. The van der Waals surface area contributed by atoms with Crippen molar-refractivity contribution in [3.63, 3.8) is 0 Å². The average Bonchev–Trinajstić information content (AvgIpc) is 2.88. The number of benzene rings is 1. The van der Waals surface area contributed by atoms with Crippen molar-refractivity contribution in [2.45, 2.75) is 38.8 Å². The number of nitrogens with zero attached hydrogens (tertiary/aromatic N) is 2. The molecule has 1 fully saturated rings. The molecular formula is C14H21N3O2. The highest BCUT2D eigenvalue weighted by molar-refractivity contribution is 5.63. The molecule has 5 heteroatoms. The van der Waals surface area contributed by atoms with Crippen LogP contribution in [0.2, 0.25) is 0 Å². The van der Waals surface area contributed by atoms with Gasteiger partial charge in [0.2, 0.25) is 0 Å². The van der Waals surface area contributed by atoms with Crippen molar-refractivity contribution in [3.8, 4) is 0 Å². The van der Waals surface area contributed by atoms with Crippen LogP contribution in [-0.2, 0) is 0 Å². The SMILES string of the molecule is CC(C)N(CC1CCCN1)c1ccccc1[N+](=O)[O-]. The van der Waals surface area contributed by atoms with Crippen molar-refractivity contribution >= 4 is 11.4 Å². The molecule has 1 N–H and O–H groups in total. The van der Waals surface area contributed by atoms with Gasteiger partial charge in [-0.15, -0.1) is 0 Å². The Labute approximate surface area is 113 Å². The Kier molecular flexibility index (Phi) is 4.37. The molecule has 0 spiro atoms. The minimum atomic E-state index is -0.299. The lowest BCUT2D eigenvalue weighted by Crippen LogP contribution is -2.41. The van der Waals surface area contributed by atoms with Gasteiger partial charge in [0.1, 0.15) is 5.69 Å². The lowest BCUT2D eigenvalue weighted by molar-refractivity contribution is -0.384. The number of nitro benzene ring substituents is 1. The molecule has 0 aromatic heterocycles. The van der Waals surface area contributed by atoms with Crippen LogP contribution in [0.25, 0.3) is 0 Å². The Hall–Kier alpha value is -1.62. The molecule has 0 amide bonds. The molecule has 0 aliphatic carbocycles. The largest absolute Gasteiger partial charge is 0.362 e. The van der Waals surface area contributed by atoms with E-state index in [1.165, 1.54) is 6.42 Å². The molecule has 1 aliphatic heterocycles. The van der Waals surface area contributed by atoms with Gasteiger partial charge in [-0.25, -0.2) is 0 Å². The monoisotopic (exact) mass is 263 g/mol. The second-order valence-electron chi connectivity index (χ2n) is 5.29. The summed E-state index contributed by atoms with van der Waals surface area (Å²) in [5, 5.41) is 14.6. The van der Waals surface area contributed by atoms with Gasteiger partial charge < -0.3 is 10.2 Å². The van der Waals surface area contributed by atoms with Gasteiger partial charge in [-0.2, -0.15) is 0 Å². The molecule has 19 heavy (non-hydrogen) atoms. The maximum Gasteiger partial charge on any atom is 0.292 e. The number of rotatable bonds is 5. The standard InChI is InChI=1S/C14H21N3O2/c1-11(2)16(10-12-6-5-9-15-12)13-7-3-4-8-14(13)17(18)19/h3-4,7-8,11-12,15H,5-6,9-10H2,1-2H3. The normalized spacial score (nSPS) is 18.8. The second-order valence-corrected chi connectivity index (χ2v) is 5.29. The number of hydrogen-bond donors (Lipinski definition) is 1. The first-order chi connectivity index (χ1) is 9.09. The molecule has 1 atom stereocenters. The van der Waals surface area contributed by atoms with Crippen LogP contribution in [0.4, 0.5) is 11.4 Å². The Morgan fingerprint density at radius 3 is 2.79 bits per heavy atom. The molecule has 0 radical (unpaired) electrons. The average molecular weight is 263 g/mol. The van der Waals surface area contributed by atoms with Gasteiger partial charge in [0.15, 0.2) is 0 Å². The van der Waals surface area contributed by atoms with Gasteiger partial charge in [0.25, 0.3) is 5.69 Å². The number of nitro groups is 1. The van der Waals surface area contributed by atoms with Crippen LogP contribution >= 0.6 is 0 Å². The van der Waals surface area contributed by atoms with E-state index in [1.807, 2.05) is 12.1 Å².